The first-order valence-corrected chi connectivity index (χ1v) is 6.10. The third-order valence-corrected chi connectivity index (χ3v) is 2.80. The van der Waals surface area contributed by atoms with Crippen molar-refractivity contribution in [3.05, 3.63) is 12.4 Å². The molecular weight excluding hydrogens is 234 g/mol. The highest BCUT2D eigenvalue weighted by Gasteiger charge is 2.29. The van der Waals surface area contributed by atoms with Gasteiger partial charge in [0.25, 0.3) is 0 Å². The summed E-state index contributed by atoms with van der Waals surface area (Å²) in [5, 5.41) is 8.68. The maximum Gasteiger partial charge on any atom is 0.303 e. The molecule has 0 aliphatic carbocycles. The van der Waals surface area contributed by atoms with E-state index >= 15 is 0 Å². The quantitative estimate of drug-likeness (QED) is 0.818. The average molecular weight is 251 g/mol. The van der Waals surface area contributed by atoms with Crippen molar-refractivity contribution in [2.45, 2.75) is 19.8 Å². The Morgan fingerprint density at radius 2 is 2.33 bits per heavy atom. The molecule has 1 aromatic heterocycles. The van der Waals surface area contributed by atoms with E-state index in [2.05, 4.69) is 9.97 Å². The SMILES string of the molecule is CCCOc1cncc(N2CC(CC(=O)O)C2)n1. The fraction of sp³-hybridized carbons (Fsp3) is 0.583. The Kier molecular flexibility index (Phi) is 3.96. The molecule has 0 atom stereocenters. The van der Waals surface area contributed by atoms with Crippen molar-refractivity contribution >= 4 is 11.8 Å². The lowest BCUT2D eigenvalue weighted by Crippen LogP contribution is -2.48. The molecule has 6 nitrogen and oxygen atoms in total. The molecule has 0 bridgehead atoms. The molecular formula is C12H17N3O3. The molecule has 0 saturated carbocycles. The van der Waals surface area contributed by atoms with Gasteiger partial charge in [0.05, 0.1) is 25.4 Å². The minimum atomic E-state index is -0.745. The maximum absolute atomic E-state index is 10.6. The van der Waals surface area contributed by atoms with E-state index in [1.807, 2.05) is 11.8 Å². The van der Waals surface area contributed by atoms with Crippen LogP contribution in [0.2, 0.25) is 0 Å². The molecule has 0 aromatic carbocycles. The molecule has 18 heavy (non-hydrogen) atoms. The lowest BCUT2D eigenvalue weighted by atomic mass is 9.97. The molecule has 1 aromatic rings. The van der Waals surface area contributed by atoms with Gasteiger partial charge >= 0.3 is 5.97 Å². The van der Waals surface area contributed by atoms with Gasteiger partial charge in [0.1, 0.15) is 0 Å². The monoisotopic (exact) mass is 251 g/mol. The van der Waals surface area contributed by atoms with E-state index in [4.69, 9.17) is 9.84 Å². The van der Waals surface area contributed by atoms with Gasteiger partial charge in [0, 0.05) is 19.0 Å². The number of hydrogen-bond donors (Lipinski definition) is 1. The Hall–Kier alpha value is -1.85. The molecule has 0 amide bonds. The molecule has 2 heterocycles. The summed E-state index contributed by atoms with van der Waals surface area (Å²) in [5.41, 5.74) is 0. The van der Waals surface area contributed by atoms with Gasteiger partial charge < -0.3 is 14.7 Å². The Morgan fingerprint density at radius 1 is 1.56 bits per heavy atom. The number of ether oxygens (including phenoxy) is 1. The van der Waals surface area contributed by atoms with Gasteiger partial charge in [0.2, 0.25) is 5.88 Å². The van der Waals surface area contributed by atoms with E-state index in [0.717, 1.165) is 25.3 Å². The van der Waals surface area contributed by atoms with Crippen molar-refractivity contribution in [2.24, 2.45) is 5.92 Å². The highest BCUT2D eigenvalue weighted by Crippen LogP contribution is 2.25. The van der Waals surface area contributed by atoms with Gasteiger partial charge in [-0.1, -0.05) is 6.92 Å². The summed E-state index contributed by atoms with van der Waals surface area (Å²) in [7, 11) is 0. The number of carboxylic acids is 1. The van der Waals surface area contributed by atoms with Gasteiger partial charge in [-0.25, -0.2) is 0 Å². The van der Waals surface area contributed by atoms with Gasteiger partial charge in [-0.3, -0.25) is 9.78 Å². The van der Waals surface area contributed by atoms with Crippen molar-refractivity contribution in [3.8, 4) is 5.88 Å². The summed E-state index contributed by atoms with van der Waals surface area (Å²) in [6, 6.07) is 0. The second kappa shape index (κ2) is 5.66. The summed E-state index contributed by atoms with van der Waals surface area (Å²) in [6.45, 7) is 4.10. The third-order valence-electron chi connectivity index (χ3n) is 2.80. The predicted molar refractivity (Wildman–Crippen MR) is 65.8 cm³/mol. The van der Waals surface area contributed by atoms with Crippen LogP contribution in [0.4, 0.5) is 5.82 Å². The van der Waals surface area contributed by atoms with Crippen LogP contribution in [-0.2, 0) is 4.79 Å². The first-order valence-electron chi connectivity index (χ1n) is 6.10. The zero-order valence-corrected chi connectivity index (χ0v) is 10.4. The minimum absolute atomic E-state index is 0.213. The van der Waals surface area contributed by atoms with E-state index in [1.165, 1.54) is 0 Å². The molecule has 98 valence electrons. The van der Waals surface area contributed by atoms with E-state index in [0.29, 0.717) is 12.5 Å². The first kappa shape index (κ1) is 12.6. The fourth-order valence-corrected chi connectivity index (χ4v) is 1.90. The van der Waals surface area contributed by atoms with Gasteiger partial charge in [-0.2, -0.15) is 4.98 Å². The number of anilines is 1. The van der Waals surface area contributed by atoms with Crippen LogP contribution in [0.1, 0.15) is 19.8 Å². The van der Waals surface area contributed by atoms with Crippen molar-refractivity contribution in [1.29, 1.82) is 0 Å². The highest BCUT2D eigenvalue weighted by atomic mass is 16.5. The molecule has 0 spiro atoms. The Labute approximate surface area is 106 Å². The summed E-state index contributed by atoms with van der Waals surface area (Å²) in [6.07, 6.45) is 4.41. The molecule has 0 radical (unpaired) electrons. The summed E-state index contributed by atoms with van der Waals surface area (Å²) < 4.78 is 5.41. The van der Waals surface area contributed by atoms with Crippen LogP contribution in [0.5, 0.6) is 5.88 Å². The fourth-order valence-electron chi connectivity index (χ4n) is 1.90. The van der Waals surface area contributed by atoms with E-state index in [9.17, 15) is 4.79 Å². The number of carboxylic acid groups (broad SMARTS) is 1. The largest absolute Gasteiger partial charge is 0.481 e. The molecule has 1 fully saturated rings. The molecule has 6 heteroatoms. The van der Waals surface area contributed by atoms with Crippen LogP contribution in [-0.4, -0.2) is 40.7 Å². The van der Waals surface area contributed by atoms with Crippen LogP contribution in [0.15, 0.2) is 12.4 Å². The number of hydrogen-bond acceptors (Lipinski definition) is 5. The zero-order chi connectivity index (χ0) is 13.0. The van der Waals surface area contributed by atoms with Gasteiger partial charge in [0.15, 0.2) is 5.82 Å². The molecule has 1 saturated heterocycles. The van der Waals surface area contributed by atoms with E-state index in [-0.39, 0.29) is 12.3 Å². The summed E-state index contributed by atoms with van der Waals surface area (Å²) in [5.74, 6) is 0.747. The normalized spacial score (nSPS) is 15.3. The van der Waals surface area contributed by atoms with Gasteiger partial charge in [-0.15, -0.1) is 0 Å². The summed E-state index contributed by atoms with van der Waals surface area (Å²) >= 11 is 0. The molecule has 2 rings (SSSR count). The van der Waals surface area contributed by atoms with Crippen LogP contribution in [0, 0.1) is 5.92 Å². The zero-order valence-electron chi connectivity index (χ0n) is 10.4. The maximum atomic E-state index is 10.6. The predicted octanol–water partition coefficient (Wildman–Crippen LogP) is 1.18. The minimum Gasteiger partial charge on any atom is -0.481 e. The number of nitrogens with zero attached hydrogens (tertiary/aromatic N) is 3. The van der Waals surface area contributed by atoms with E-state index < -0.39 is 5.97 Å². The molecule has 1 aliphatic heterocycles. The smallest absolute Gasteiger partial charge is 0.303 e. The molecule has 0 unspecified atom stereocenters. The Bertz CT molecular complexity index is 419. The van der Waals surface area contributed by atoms with E-state index in [1.54, 1.807) is 12.4 Å². The van der Waals surface area contributed by atoms with Crippen LogP contribution in [0.3, 0.4) is 0 Å². The number of rotatable bonds is 6. The lowest BCUT2D eigenvalue weighted by Gasteiger charge is -2.39. The second-order valence-corrected chi connectivity index (χ2v) is 4.43. The Balaban J connectivity index is 1.89. The third kappa shape index (κ3) is 3.09. The Morgan fingerprint density at radius 3 is 3.00 bits per heavy atom. The van der Waals surface area contributed by atoms with Crippen molar-refractivity contribution in [2.75, 3.05) is 24.6 Å². The standard InChI is InChI=1S/C12H17N3O3/c1-2-3-18-11-6-13-5-10(14-11)15-7-9(8-15)4-12(16)17/h5-6,9H,2-4,7-8H2,1H3,(H,16,17). The van der Waals surface area contributed by atoms with Crippen LogP contribution in [0.25, 0.3) is 0 Å². The molecule has 1 N–H and O–H groups in total. The van der Waals surface area contributed by atoms with Crippen LogP contribution < -0.4 is 9.64 Å². The van der Waals surface area contributed by atoms with Crippen molar-refractivity contribution < 1.29 is 14.6 Å². The topological polar surface area (TPSA) is 75.5 Å². The first-order chi connectivity index (χ1) is 8.69. The van der Waals surface area contributed by atoms with Crippen molar-refractivity contribution in [1.82, 2.24) is 9.97 Å². The van der Waals surface area contributed by atoms with Crippen LogP contribution >= 0.6 is 0 Å². The number of aliphatic carboxylic acids is 1. The van der Waals surface area contributed by atoms with Gasteiger partial charge in [-0.05, 0) is 6.42 Å². The second-order valence-electron chi connectivity index (χ2n) is 4.43. The molecule has 1 aliphatic rings. The lowest BCUT2D eigenvalue weighted by molar-refractivity contribution is -0.138. The highest BCUT2D eigenvalue weighted by molar-refractivity contribution is 5.67. The summed E-state index contributed by atoms with van der Waals surface area (Å²) in [4.78, 5) is 21.0. The average Bonchev–Trinajstić information content (AvgIpc) is 2.31. The van der Waals surface area contributed by atoms with Crippen molar-refractivity contribution in [3.63, 3.8) is 0 Å². The number of aromatic nitrogens is 2. The number of carbonyl (C=O) groups is 1.